The topological polar surface area (TPSA) is 66.5 Å². The largest absolute Gasteiger partial charge is 0.351 e. The summed E-state index contributed by atoms with van der Waals surface area (Å²) in [6.45, 7) is 1.49. The van der Waals surface area contributed by atoms with Gasteiger partial charge in [0.2, 0.25) is 10.0 Å². The van der Waals surface area contributed by atoms with Crippen LogP contribution >= 0.6 is 0 Å². The summed E-state index contributed by atoms with van der Waals surface area (Å²) in [6.07, 6.45) is 1.75. The van der Waals surface area contributed by atoms with Crippen LogP contribution in [0.2, 0.25) is 0 Å². The van der Waals surface area contributed by atoms with Crippen LogP contribution in [-0.4, -0.2) is 38.3 Å². The molecule has 160 valence electrons. The van der Waals surface area contributed by atoms with Crippen LogP contribution in [0.1, 0.15) is 40.2 Å². The fraction of sp³-hybridized carbons (Fsp3) is 0.240. The van der Waals surface area contributed by atoms with Crippen molar-refractivity contribution >= 4 is 15.9 Å². The van der Waals surface area contributed by atoms with E-state index in [1.165, 1.54) is 10.4 Å². The van der Waals surface area contributed by atoms with Gasteiger partial charge >= 0.3 is 0 Å². The van der Waals surface area contributed by atoms with Crippen molar-refractivity contribution in [3.63, 3.8) is 0 Å². The van der Waals surface area contributed by atoms with Crippen LogP contribution in [-0.2, 0) is 10.0 Å². The summed E-state index contributed by atoms with van der Waals surface area (Å²) >= 11 is 0. The van der Waals surface area contributed by atoms with Gasteiger partial charge in [-0.3, -0.25) is 4.79 Å². The Hall–Kier alpha value is -2.96. The van der Waals surface area contributed by atoms with E-state index in [9.17, 15) is 13.2 Å². The first-order chi connectivity index (χ1) is 15.1. The minimum Gasteiger partial charge on any atom is -0.351 e. The third-order valence-electron chi connectivity index (χ3n) is 5.67. The molecule has 1 N–H and O–H groups in total. The highest BCUT2D eigenvalue weighted by atomic mass is 32.2. The maximum atomic E-state index is 12.9. The Labute approximate surface area is 183 Å². The molecule has 6 heteroatoms. The van der Waals surface area contributed by atoms with E-state index in [1.54, 1.807) is 18.2 Å². The Morgan fingerprint density at radius 2 is 1.42 bits per heavy atom. The van der Waals surface area contributed by atoms with Crippen LogP contribution in [0.4, 0.5) is 0 Å². The molecule has 4 rings (SSSR count). The molecule has 3 aromatic rings. The predicted octanol–water partition coefficient (Wildman–Crippen LogP) is 4.03. The number of sulfonamides is 1. The molecule has 1 amide bonds. The summed E-state index contributed by atoms with van der Waals surface area (Å²) in [5, 5.41) is 3.00. The SMILES string of the molecule is O=C(NCC(c1ccccc1)c1ccccc1)c1cccc(S(=O)(=O)N2CCCC2)c1. The number of benzene rings is 3. The number of amides is 1. The van der Waals surface area contributed by atoms with Gasteiger partial charge in [-0.05, 0) is 42.2 Å². The Balaban J connectivity index is 1.52. The van der Waals surface area contributed by atoms with Crippen molar-refractivity contribution in [2.75, 3.05) is 19.6 Å². The molecule has 1 saturated heterocycles. The van der Waals surface area contributed by atoms with Gasteiger partial charge in [-0.15, -0.1) is 0 Å². The van der Waals surface area contributed by atoms with Crippen molar-refractivity contribution in [3.05, 3.63) is 102 Å². The normalized spacial score (nSPS) is 14.6. The van der Waals surface area contributed by atoms with Crippen LogP contribution in [0.5, 0.6) is 0 Å². The third-order valence-corrected chi connectivity index (χ3v) is 7.56. The minimum atomic E-state index is -3.56. The second kappa shape index (κ2) is 9.45. The van der Waals surface area contributed by atoms with E-state index in [2.05, 4.69) is 5.32 Å². The number of hydrogen-bond donors (Lipinski definition) is 1. The fourth-order valence-electron chi connectivity index (χ4n) is 3.97. The molecule has 0 unspecified atom stereocenters. The zero-order valence-electron chi connectivity index (χ0n) is 17.3. The van der Waals surface area contributed by atoms with E-state index in [0.717, 1.165) is 24.0 Å². The number of rotatable bonds is 7. The Bertz CT molecular complexity index is 1090. The van der Waals surface area contributed by atoms with Gasteiger partial charge < -0.3 is 5.32 Å². The lowest BCUT2D eigenvalue weighted by Gasteiger charge is -2.19. The van der Waals surface area contributed by atoms with Crippen molar-refractivity contribution in [2.45, 2.75) is 23.7 Å². The van der Waals surface area contributed by atoms with Crippen molar-refractivity contribution in [1.82, 2.24) is 9.62 Å². The Kier molecular flexibility index (Phi) is 6.49. The second-order valence-electron chi connectivity index (χ2n) is 7.72. The molecule has 0 bridgehead atoms. The third kappa shape index (κ3) is 4.86. The van der Waals surface area contributed by atoms with Crippen LogP contribution < -0.4 is 5.32 Å². The summed E-state index contributed by atoms with van der Waals surface area (Å²) in [7, 11) is -3.56. The van der Waals surface area contributed by atoms with E-state index < -0.39 is 10.0 Å². The van der Waals surface area contributed by atoms with E-state index in [1.807, 2.05) is 60.7 Å². The van der Waals surface area contributed by atoms with E-state index in [-0.39, 0.29) is 16.7 Å². The highest BCUT2D eigenvalue weighted by Crippen LogP contribution is 2.24. The van der Waals surface area contributed by atoms with Crippen LogP contribution in [0.3, 0.4) is 0 Å². The Morgan fingerprint density at radius 1 is 0.839 bits per heavy atom. The Morgan fingerprint density at radius 3 is 2.00 bits per heavy atom. The molecule has 31 heavy (non-hydrogen) atoms. The van der Waals surface area contributed by atoms with Crippen LogP contribution in [0.15, 0.2) is 89.8 Å². The minimum absolute atomic E-state index is 0.00265. The first-order valence-corrected chi connectivity index (χ1v) is 12.0. The first kappa shape index (κ1) is 21.3. The van der Waals surface area contributed by atoms with Crippen molar-refractivity contribution in [2.24, 2.45) is 0 Å². The van der Waals surface area contributed by atoms with Gasteiger partial charge in [0.25, 0.3) is 5.91 Å². The standard InChI is InChI=1S/C25H26N2O3S/c28-25(22-14-9-15-23(18-22)31(29,30)27-16-7-8-17-27)26-19-24(20-10-3-1-4-11-20)21-12-5-2-6-13-21/h1-6,9-15,18,24H,7-8,16-17,19H2,(H,26,28). The maximum Gasteiger partial charge on any atom is 0.251 e. The lowest BCUT2D eigenvalue weighted by atomic mass is 9.91. The summed E-state index contributed by atoms with van der Waals surface area (Å²) in [4.78, 5) is 13.1. The predicted molar refractivity (Wildman–Crippen MR) is 121 cm³/mol. The molecule has 0 aromatic heterocycles. The van der Waals surface area contributed by atoms with Crippen LogP contribution in [0, 0.1) is 0 Å². The zero-order valence-corrected chi connectivity index (χ0v) is 18.1. The lowest BCUT2D eigenvalue weighted by molar-refractivity contribution is 0.0952. The summed E-state index contributed by atoms with van der Waals surface area (Å²) < 4.78 is 27.2. The highest BCUT2D eigenvalue weighted by molar-refractivity contribution is 7.89. The molecule has 1 heterocycles. The molecule has 0 radical (unpaired) electrons. The first-order valence-electron chi connectivity index (χ1n) is 10.5. The molecular formula is C25H26N2O3S. The summed E-state index contributed by atoms with van der Waals surface area (Å²) in [5.41, 5.74) is 2.57. The van der Waals surface area contributed by atoms with Gasteiger partial charge in [-0.25, -0.2) is 8.42 Å². The van der Waals surface area contributed by atoms with Crippen molar-refractivity contribution in [3.8, 4) is 0 Å². The van der Waals surface area contributed by atoms with E-state index in [0.29, 0.717) is 25.2 Å². The van der Waals surface area contributed by atoms with Crippen LogP contribution in [0.25, 0.3) is 0 Å². The number of carbonyl (C=O) groups excluding carboxylic acids is 1. The molecule has 0 spiro atoms. The zero-order chi connectivity index (χ0) is 21.7. The van der Waals surface area contributed by atoms with Crippen molar-refractivity contribution < 1.29 is 13.2 Å². The number of nitrogens with one attached hydrogen (secondary N) is 1. The average Bonchev–Trinajstić information content (AvgIpc) is 3.37. The van der Waals surface area contributed by atoms with Gasteiger partial charge in [0, 0.05) is 31.1 Å². The molecule has 0 saturated carbocycles. The number of carbonyl (C=O) groups is 1. The smallest absolute Gasteiger partial charge is 0.251 e. The molecule has 0 aliphatic carbocycles. The average molecular weight is 435 g/mol. The number of nitrogens with zero attached hydrogens (tertiary/aromatic N) is 1. The monoisotopic (exact) mass is 434 g/mol. The quantitative estimate of drug-likeness (QED) is 0.610. The molecule has 1 aliphatic heterocycles. The molecule has 5 nitrogen and oxygen atoms in total. The number of hydrogen-bond acceptors (Lipinski definition) is 3. The lowest BCUT2D eigenvalue weighted by Crippen LogP contribution is -2.30. The molecule has 0 atom stereocenters. The second-order valence-corrected chi connectivity index (χ2v) is 9.66. The fourth-order valence-corrected chi connectivity index (χ4v) is 5.53. The molecule has 1 fully saturated rings. The molecule has 3 aromatic carbocycles. The van der Waals surface area contributed by atoms with Crippen molar-refractivity contribution in [1.29, 1.82) is 0 Å². The summed E-state index contributed by atoms with van der Waals surface area (Å²) in [6, 6.07) is 26.4. The van der Waals surface area contributed by atoms with Gasteiger partial charge in [0.05, 0.1) is 4.90 Å². The summed E-state index contributed by atoms with van der Waals surface area (Å²) in [5.74, 6) is -0.279. The van der Waals surface area contributed by atoms with E-state index >= 15 is 0 Å². The van der Waals surface area contributed by atoms with Gasteiger partial charge in [-0.2, -0.15) is 4.31 Å². The van der Waals surface area contributed by atoms with E-state index in [4.69, 9.17) is 0 Å². The molecule has 1 aliphatic rings. The van der Waals surface area contributed by atoms with Gasteiger partial charge in [0.15, 0.2) is 0 Å². The maximum absolute atomic E-state index is 12.9. The van der Waals surface area contributed by atoms with Gasteiger partial charge in [0.1, 0.15) is 0 Å². The molecular weight excluding hydrogens is 408 g/mol. The highest BCUT2D eigenvalue weighted by Gasteiger charge is 2.27. The van der Waals surface area contributed by atoms with Gasteiger partial charge in [-0.1, -0.05) is 66.7 Å².